The van der Waals surface area contributed by atoms with E-state index in [1.54, 1.807) is 36.3 Å². The van der Waals surface area contributed by atoms with E-state index < -0.39 is 5.72 Å². The molecule has 3 nitrogen and oxygen atoms in total. The van der Waals surface area contributed by atoms with E-state index in [2.05, 4.69) is 11.6 Å². The maximum Gasteiger partial charge on any atom is 0.143 e. The Morgan fingerprint density at radius 3 is 3.00 bits per heavy atom. The van der Waals surface area contributed by atoms with Gasteiger partial charge in [-0.2, -0.15) is 0 Å². The molecular formula is C8H12N2O. The Hall–Kier alpha value is -1.09. The van der Waals surface area contributed by atoms with Gasteiger partial charge in [-0.25, -0.2) is 4.98 Å². The average molecular weight is 152 g/mol. The maximum atomic E-state index is 9.73. The highest BCUT2D eigenvalue weighted by atomic mass is 16.3. The average Bonchev–Trinajstić information content (AvgIpc) is 2.37. The van der Waals surface area contributed by atoms with Gasteiger partial charge in [0.15, 0.2) is 0 Å². The van der Waals surface area contributed by atoms with Crippen molar-refractivity contribution in [2.45, 2.75) is 19.1 Å². The van der Waals surface area contributed by atoms with Crippen LogP contribution >= 0.6 is 0 Å². The number of rotatable bonds is 3. The summed E-state index contributed by atoms with van der Waals surface area (Å²) in [5.74, 6) is 0. The summed E-state index contributed by atoms with van der Waals surface area (Å²) in [7, 11) is 0. The summed E-state index contributed by atoms with van der Waals surface area (Å²) in [6.07, 6.45) is 7.15. The zero-order chi connectivity index (χ0) is 8.32. The van der Waals surface area contributed by atoms with E-state index in [9.17, 15) is 5.11 Å². The SMILES string of the molecule is C=CCC(C)(O)n1ccnc1. The molecule has 1 heterocycles. The molecule has 0 saturated heterocycles. The minimum atomic E-state index is -0.891. The molecule has 0 aliphatic heterocycles. The zero-order valence-corrected chi connectivity index (χ0v) is 6.57. The van der Waals surface area contributed by atoms with Crippen molar-refractivity contribution in [2.24, 2.45) is 0 Å². The standard InChI is InChI=1S/C8H12N2O/c1-3-4-8(2,11)10-6-5-9-7-10/h3,5-7,11H,1,4H2,2H3. The first kappa shape index (κ1) is 8.01. The molecule has 0 radical (unpaired) electrons. The summed E-state index contributed by atoms with van der Waals surface area (Å²) >= 11 is 0. The lowest BCUT2D eigenvalue weighted by Gasteiger charge is -2.22. The van der Waals surface area contributed by atoms with Crippen molar-refractivity contribution in [3.8, 4) is 0 Å². The molecular weight excluding hydrogens is 140 g/mol. The van der Waals surface area contributed by atoms with Crippen LogP contribution in [0.2, 0.25) is 0 Å². The number of hydrogen-bond donors (Lipinski definition) is 1. The fraction of sp³-hybridized carbons (Fsp3) is 0.375. The number of hydrogen-bond acceptors (Lipinski definition) is 2. The highest BCUT2D eigenvalue weighted by Crippen LogP contribution is 2.15. The quantitative estimate of drug-likeness (QED) is 0.659. The van der Waals surface area contributed by atoms with Gasteiger partial charge in [0, 0.05) is 18.8 Å². The Bertz CT molecular complexity index is 226. The van der Waals surface area contributed by atoms with Crippen molar-refractivity contribution in [3.05, 3.63) is 31.4 Å². The van der Waals surface area contributed by atoms with Crippen LogP contribution in [0, 0.1) is 0 Å². The summed E-state index contributed by atoms with van der Waals surface area (Å²) in [5.41, 5.74) is -0.891. The first-order valence-corrected chi connectivity index (χ1v) is 3.48. The van der Waals surface area contributed by atoms with E-state index >= 15 is 0 Å². The monoisotopic (exact) mass is 152 g/mol. The normalized spacial score (nSPS) is 15.8. The van der Waals surface area contributed by atoms with E-state index in [0.717, 1.165) is 0 Å². The fourth-order valence-electron chi connectivity index (χ4n) is 0.923. The van der Waals surface area contributed by atoms with Gasteiger partial charge >= 0.3 is 0 Å². The molecule has 0 aliphatic carbocycles. The third-order valence-electron chi connectivity index (χ3n) is 1.59. The van der Waals surface area contributed by atoms with E-state index in [0.29, 0.717) is 6.42 Å². The third kappa shape index (κ3) is 1.68. The summed E-state index contributed by atoms with van der Waals surface area (Å²) in [6, 6.07) is 0. The summed E-state index contributed by atoms with van der Waals surface area (Å²) in [4.78, 5) is 3.84. The zero-order valence-electron chi connectivity index (χ0n) is 6.57. The molecule has 11 heavy (non-hydrogen) atoms. The van der Waals surface area contributed by atoms with E-state index in [-0.39, 0.29) is 0 Å². The van der Waals surface area contributed by atoms with Crippen molar-refractivity contribution in [2.75, 3.05) is 0 Å². The topological polar surface area (TPSA) is 38.0 Å². The lowest BCUT2D eigenvalue weighted by Crippen LogP contribution is -2.27. The second kappa shape index (κ2) is 2.88. The van der Waals surface area contributed by atoms with Crippen molar-refractivity contribution in [1.29, 1.82) is 0 Å². The first-order valence-electron chi connectivity index (χ1n) is 3.48. The summed E-state index contributed by atoms with van der Waals surface area (Å²) in [6.45, 7) is 5.28. The molecule has 1 unspecified atom stereocenters. The van der Waals surface area contributed by atoms with Gasteiger partial charge in [-0.3, -0.25) is 0 Å². The van der Waals surface area contributed by atoms with E-state index in [1.165, 1.54) is 0 Å². The molecule has 1 aromatic rings. The number of nitrogens with zero attached hydrogens (tertiary/aromatic N) is 2. The smallest absolute Gasteiger partial charge is 0.143 e. The van der Waals surface area contributed by atoms with Crippen molar-refractivity contribution in [1.82, 2.24) is 9.55 Å². The molecule has 3 heteroatoms. The molecule has 0 aromatic carbocycles. The van der Waals surface area contributed by atoms with Crippen LogP contribution in [0.15, 0.2) is 31.4 Å². The van der Waals surface area contributed by atoms with Crippen molar-refractivity contribution in [3.63, 3.8) is 0 Å². The lowest BCUT2D eigenvalue weighted by atomic mass is 10.2. The minimum absolute atomic E-state index is 0.517. The Kier molecular flexibility index (Phi) is 2.10. The molecule has 1 N–H and O–H groups in total. The molecule has 1 aromatic heterocycles. The van der Waals surface area contributed by atoms with Crippen molar-refractivity contribution < 1.29 is 5.11 Å². The second-order valence-electron chi connectivity index (χ2n) is 2.68. The summed E-state index contributed by atoms with van der Waals surface area (Å²) < 4.78 is 1.65. The highest BCUT2D eigenvalue weighted by Gasteiger charge is 2.18. The number of aliphatic hydroxyl groups is 1. The lowest BCUT2D eigenvalue weighted by molar-refractivity contribution is -0.0152. The molecule has 60 valence electrons. The molecule has 1 rings (SSSR count). The van der Waals surface area contributed by atoms with Crippen LogP contribution in [0.3, 0.4) is 0 Å². The molecule has 0 spiro atoms. The Labute approximate surface area is 66.0 Å². The molecule has 0 bridgehead atoms. The molecule has 0 fully saturated rings. The molecule has 1 atom stereocenters. The number of imidazole rings is 1. The van der Waals surface area contributed by atoms with Gasteiger partial charge < -0.3 is 9.67 Å². The fourth-order valence-corrected chi connectivity index (χ4v) is 0.923. The molecule has 0 amide bonds. The maximum absolute atomic E-state index is 9.73. The largest absolute Gasteiger partial charge is 0.370 e. The molecule has 0 saturated carbocycles. The number of aromatic nitrogens is 2. The second-order valence-corrected chi connectivity index (χ2v) is 2.68. The van der Waals surface area contributed by atoms with Gasteiger partial charge in [0.25, 0.3) is 0 Å². The van der Waals surface area contributed by atoms with Crippen LogP contribution in [0.5, 0.6) is 0 Å². The first-order chi connectivity index (χ1) is 5.17. The summed E-state index contributed by atoms with van der Waals surface area (Å²) in [5, 5.41) is 9.73. The Balaban J connectivity index is 2.81. The highest BCUT2D eigenvalue weighted by molar-refractivity contribution is 4.86. The van der Waals surface area contributed by atoms with Crippen LogP contribution in [0.1, 0.15) is 13.3 Å². The van der Waals surface area contributed by atoms with Gasteiger partial charge in [-0.1, -0.05) is 6.08 Å². The Morgan fingerprint density at radius 1 is 1.82 bits per heavy atom. The molecule has 0 aliphatic rings. The van der Waals surface area contributed by atoms with Crippen LogP contribution in [-0.2, 0) is 5.72 Å². The van der Waals surface area contributed by atoms with Crippen LogP contribution < -0.4 is 0 Å². The van der Waals surface area contributed by atoms with Gasteiger partial charge in [-0.05, 0) is 6.92 Å². The van der Waals surface area contributed by atoms with Gasteiger partial charge in [-0.15, -0.1) is 6.58 Å². The van der Waals surface area contributed by atoms with Crippen molar-refractivity contribution >= 4 is 0 Å². The Morgan fingerprint density at radius 2 is 2.55 bits per heavy atom. The van der Waals surface area contributed by atoms with E-state index in [4.69, 9.17) is 0 Å². The van der Waals surface area contributed by atoms with Gasteiger partial charge in [0.2, 0.25) is 0 Å². The predicted octanol–water partition coefficient (Wildman–Crippen LogP) is 1.12. The van der Waals surface area contributed by atoms with Crippen LogP contribution in [0.25, 0.3) is 0 Å². The van der Waals surface area contributed by atoms with Crippen LogP contribution in [-0.4, -0.2) is 14.7 Å². The third-order valence-corrected chi connectivity index (χ3v) is 1.59. The predicted molar refractivity (Wildman–Crippen MR) is 42.9 cm³/mol. The van der Waals surface area contributed by atoms with Crippen LogP contribution in [0.4, 0.5) is 0 Å². The van der Waals surface area contributed by atoms with Gasteiger partial charge in [0.1, 0.15) is 5.72 Å². The minimum Gasteiger partial charge on any atom is -0.370 e. The van der Waals surface area contributed by atoms with E-state index in [1.807, 2.05) is 0 Å². The van der Waals surface area contributed by atoms with Gasteiger partial charge in [0.05, 0.1) is 6.33 Å².